The first-order valence-electron chi connectivity index (χ1n) is 5.49. The zero-order valence-electron chi connectivity index (χ0n) is 9.57. The molecular weight excluding hydrogens is 212 g/mol. The third-order valence-corrected chi connectivity index (χ3v) is 2.27. The van der Waals surface area contributed by atoms with Crippen LogP contribution in [0.15, 0.2) is 51.7 Å². The molecule has 1 heterocycles. The van der Waals surface area contributed by atoms with Crippen LogP contribution in [0.25, 0.3) is 11.3 Å². The van der Waals surface area contributed by atoms with Crippen LogP contribution in [0.5, 0.6) is 0 Å². The van der Waals surface area contributed by atoms with E-state index >= 15 is 0 Å². The maximum Gasteiger partial charge on any atom is 0.336 e. The standard InChI is InChI=1S/C15H12O2/c1-2-3-7-13-10-11-14(16)17-15(13)12-8-5-4-6-9-12/h4-6,8-11H,2H2,1H3. The summed E-state index contributed by atoms with van der Waals surface area (Å²) in [5, 5.41) is 0. The molecule has 0 saturated heterocycles. The Morgan fingerprint density at radius 2 is 1.88 bits per heavy atom. The third-order valence-electron chi connectivity index (χ3n) is 2.27. The Morgan fingerprint density at radius 3 is 2.59 bits per heavy atom. The van der Waals surface area contributed by atoms with Crippen LogP contribution in [0.1, 0.15) is 18.9 Å². The highest BCUT2D eigenvalue weighted by atomic mass is 16.4. The summed E-state index contributed by atoms with van der Waals surface area (Å²) in [5.74, 6) is 6.53. The lowest BCUT2D eigenvalue weighted by Crippen LogP contribution is -1.98. The van der Waals surface area contributed by atoms with Gasteiger partial charge in [0, 0.05) is 18.1 Å². The van der Waals surface area contributed by atoms with Crippen molar-refractivity contribution in [2.75, 3.05) is 0 Å². The van der Waals surface area contributed by atoms with Crippen molar-refractivity contribution in [3.05, 3.63) is 58.4 Å². The Morgan fingerprint density at radius 1 is 1.12 bits per heavy atom. The molecule has 2 heteroatoms. The minimum Gasteiger partial charge on any atom is -0.421 e. The molecule has 2 rings (SSSR count). The van der Waals surface area contributed by atoms with E-state index in [9.17, 15) is 4.79 Å². The highest BCUT2D eigenvalue weighted by Crippen LogP contribution is 2.21. The first-order valence-corrected chi connectivity index (χ1v) is 5.49. The van der Waals surface area contributed by atoms with Crippen molar-refractivity contribution in [3.8, 4) is 23.2 Å². The van der Waals surface area contributed by atoms with E-state index in [1.807, 2.05) is 37.3 Å². The van der Waals surface area contributed by atoms with Gasteiger partial charge in [-0.05, 0) is 6.07 Å². The maximum atomic E-state index is 11.3. The first kappa shape index (κ1) is 11.2. The highest BCUT2D eigenvalue weighted by molar-refractivity contribution is 5.64. The Labute approximate surface area is 99.9 Å². The number of hydrogen-bond donors (Lipinski definition) is 0. The van der Waals surface area contributed by atoms with E-state index in [4.69, 9.17) is 4.42 Å². The molecule has 0 aliphatic rings. The molecule has 0 radical (unpaired) electrons. The second kappa shape index (κ2) is 5.18. The third kappa shape index (κ3) is 2.64. The van der Waals surface area contributed by atoms with Crippen molar-refractivity contribution in [1.82, 2.24) is 0 Å². The SMILES string of the molecule is CCC#Cc1ccc(=O)oc1-c1ccccc1. The summed E-state index contributed by atoms with van der Waals surface area (Å²) < 4.78 is 5.23. The molecule has 0 aliphatic carbocycles. The topological polar surface area (TPSA) is 30.2 Å². The van der Waals surface area contributed by atoms with Gasteiger partial charge in [-0.2, -0.15) is 0 Å². The average Bonchev–Trinajstić information content (AvgIpc) is 2.38. The van der Waals surface area contributed by atoms with Gasteiger partial charge in [-0.3, -0.25) is 0 Å². The summed E-state index contributed by atoms with van der Waals surface area (Å²) in [5.41, 5.74) is 1.26. The van der Waals surface area contributed by atoms with Gasteiger partial charge in [0.15, 0.2) is 5.76 Å². The van der Waals surface area contributed by atoms with Crippen molar-refractivity contribution in [2.45, 2.75) is 13.3 Å². The molecule has 2 aromatic rings. The quantitative estimate of drug-likeness (QED) is 0.697. The summed E-state index contributed by atoms with van der Waals surface area (Å²) in [6.45, 7) is 1.98. The fraction of sp³-hybridized carbons (Fsp3) is 0.133. The molecule has 0 saturated carbocycles. The van der Waals surface area contributed by atoms with Gasteiger partial charge in [0.05, 0.1) is 5.56 Å². The Balaban J connectivity index is 2.59. The molecule has 17 heavy (non-hydrogen) atoms. The van der Waals surface area contributed by atoms with Crippen LogP contribution in [0.4, 0.5) is 0 Å². The van der Waals surface area contributed by atoms with Crippen LogP contribution >= 0.6 is 0 Å². The minimum atomic E-state index is -0.356. The lowest BCUT2D eigenvalue weighted by Gasteiger charge is -2.01. The number of rotatable bonds is 1. The normalized spacial score (nSPS) is 9.47. The molecule has 1 aromatic carbocycles. The van der Waals surface area contributed by atoms with E-state index in [0.717, 1.165) is 17.5 Å². The largest absolute Gasteiger partial charge is 0.421 e. The van der Waals surface area contributed by atoms with Crippen molar-refractivity contribution in [1.29, 1.82) is 0 Å². The predicted molar refractivity (Wildman–Crippen MR) is 67.6 cm³/mol. The molecule has 84 valence electrons. The summed E-state index contributed by atoms with van der Waals surface area (Å²) >= 11 is 0. The van der Waals surface area contributed by atoms with Crippen LogP contribution in [0.2, 0.25) is 0 Å². The Kier molecular flexibility index (Phi) is 3.42. The van der Waals surface area contributed by atoms with Gasteiger partial charge in [0.25, 0.3) is 0 Å². The maximum absolute atomic E-state index is 11.3. The Hall–Kier alpha value is -2.27. The summed E-state index contributed by atoms with van der Waals surface area (Å²) in [6, 6.07) is 12.6. The zero-order valence-corrected chi connectivity index (χ0v) is 9.57. The Bertz CT molecular complexity index is 613. The van der Waals surface area contributed by atoms with Gasteiger partial charge < -0.3 is 4.42 Å². The second-order valence-electron chi connectivity index (χ2n) is 3.52. The minimum absolute atomic E-state index is 0.356. The monoisotopic (exact) mass is 224 g/mol. The van der Waals surface area contributed by atoms with Crippen LogP contribution in [0.3, 0.4) is 0 Å². The lowest BCUT2D eigenvalue weighted by atomic mass is 10.1. The zero-order chi connectivity index (χ0) is 12.1. The van der Waals surface area contributed by atoms with Crippen LogP contribution < -0.4 is 5.63 Å². The van der Waals surface area contributed by atoms with Gasteiger partial charge in [-0.25, -0.2) is 4.79 Å². The lowest BCUT2D eigenvalue weighted by molar-refractivity contribution is 0.524. The molecule has 1 aromatic heterocycles. The highest BCUT2D eigenvalue weighted by Gasteiger charge is 2.06. The molecular formula is C15H12O2. The predicted octanol–water partition coefficient (Wildman–Crippen LogP) is 3.07. The molecule has 2 nitrogen and oxygen atoms in total. The summed E-state index contributed by atoms with van der Waals surface area (Å²) in [6.07, 6.45) is 0.771. The van der Waals surface area contributed by atoms with E-state index in [0.29, 0.717) is 5.76 Å². The smallest absolute Gasteiger partial charge is 0.336 e. The summed E-state index contributed by atoms with van der Waals surface area (Å²) in [4.78, 5) is 11.3. The second-order valence-corrected chi connectivity index (χ2v) is 3.52. The van der Waals surface area contributed by atoms with E-state index in [2.05, 4.69) is 11.8 Å². The van der Waals surface area contributed by atoms with Gasteiger partial charge in [0.2, 0.25) is 0 Å². The molecule has 0 bridgehead atoms. The first-order chi connectivity index (χ1) is 8.31. The van der Waals surface area contributed by atoms with Crippen molar-refractivity contribution < 1.29 is 4.42 Å². The molecule has 0 unspecified atom stereocenters. The number of hydrogen-bond acceptors (Lipinski definition) is 2. The van der Waals surface area contributed by atoms with E-state index in [1.165, 1.54) is 6.07 Å². The van der Waals surface area contributed by atoms with Crippen LogP contribution in [-0.4, -0.2) is 0 Å². The van der Waals surface area contributed by atoms with Crippen LogP contribution in [-0.2, 0) is 0 Å². The molecule has 0 N–H and O–H groups in total. The molecule has 0 aliphatic heterocycles. The van der Waals surface area contributed by atoms with E-state index in [-0.39, 0.29) is 5.63 Å². The van der Waals surface area contributed by atoms with Crippen LogP contribution in [0, 0.1) is 11.8 Å². The van der Waals surface area contributed by atoms with Crippen molar-refractivity contribution in [2.24, 2.45) is 0 Å². The van der Waals surface area contributed by atoms with Crippen molar-refractivity contribution >= 4 is 0 Å². The number of benzene rings is 1. The molecule has 0 atom stereocenters. The molecule has 0 spiro atoms. The van der Waals surface area contributed by atoms with Gasteiger partial charge in [-0.15, -0.1) is 0 Å². The fourth-order valence-electron chi connectivity index (χ4n) is 1.50. The van der Waals surface area contributed by atoms with E-state index < -0.39 is 0 Å². The van der Waals surface area contributed by atoms with Crippen molar-refractivity contribution in [3.63, 3.8) is 0 Å². The van der Waals surface area contributed by atoms with Gasteiger partial charge in [0.1, 0.15) is 0 Å². The fourth-order valence-corrected chi connectivity index (χ4v) is 1.50. The van der Waals surface area contributed by atoms with Gasteiger partial charge >= 0.3 is 5.63 Å². The van der Waals surface area contributed by atoms with Gasteiger partial charge in [-0.1, -0.05) is 49.1 Å². The summed E-state index contributed by atoms with van der Waals surface area (Å²) in [7, 11) is 0. The molecule has 0 fully saturated rings. The average molecular weight is 224 g/mol. The van der Waals surface area contributed by atoms with E-state index in [1.54, 1.807) is 6.07 Å². The molecule has 0 amide bonds.